The van der Waals surface area contributed by atoms with Gasteiger partial charge >= 0.3 is 0 Å². The van der Waals surface area contributed by atoms with E-state index in [1.54, 1.807) is 6.08 Å². The molecule has 9 nitrogen and oxygen atoms in total. The van der Waals surface area contributed by atoms with E-state index in [1.165, 1.54) is 289 Å². The Morgan fingerprint density at radius 2 is 0.706 bits per heavy atom. The van der Waals surface area contributed by atoms with Crippen LogP contribution in [0.3, 0.4) is 0 Å². The second kappa shape index (κ2) is 64.9. The highest BCUT2D eigenvalue weighted by Crippen LogP contribution is 2.23. The Kier molecular flexibility index (Phi) is 61.7. The molecule has 0 radical (unpaired) electrons. The van der Waals surface area contributed by atoms with Crippen molar-refractivity contribution >= 4 is 5.91 Å². The average molecular weight is 1200 g/mol. The summed E-state index contributed by atoms with van der Waals surface area (Å²) < 4.78 is 11.3. The van der Waals surface area contributed by atoms with Crippen LogP contribution >= 0.6 is 0 Å². The second-order valence-corrected chi connectivity index (χ2v) is 25.7. The molecule has 0 saturated carbocycles. The first-order chi connectivity index (χ1) is 41.8. The zero-order valence-electron chi connectivity index (χ0n) is 55.9. The molecule has 1 fully saturated rings. The Balaban J connectivity index is 2.11. The van der Waals surface area contributed by atoms with Gasteiger partial charge in [0.2, 0.25) is 5.91 Å². The minimum absolute atomic E-state index is 0.181. The standard InChI is InChI=1S/C76H141NO8/c1-3-5-7-9-11-13-15-17-19-21-23-25-27-29-31-32-33-34-35-36-37-38-40-42-44-46-48-50-52-54-56-58-60-62-64-66-72(80)77-69(68-84-76-75(83)74(82)73(81)71(67-78)85-76)70(79)65-63-61-59-57-55-53-51-49-47-45-43-41-39-30-28-26-24-22-20-18-16-14-12-10-8-6-4-2/h15,17,21,23,27,29,55,57,63,65,69-71,73-76,78-79,81-83H,3-14,16,18-20,22,24-26,28,30-54,56,58-62,64,66-68H2,1-2H3,(H,77,80)/b17-15-,23-21-,29-27-,57-55+,65-63+. The Bertz CT molecular complexity index is 1530. The predicted octanol–water partition coefficient (Wildman–Crippen LogP) is 20.5. The fourth-order valence-electron chi connectivity index (χ4n) is 11.8. The minimum Gasteiger partial charge on any atom is -0.394 e. The molecule has 1 aliphatic rings. The van der Waals surface area contributed by atoms with Crippen molar-refractivity contribution in [3.05, 3.63) is 60.8 Å². The van der Waals surface area contributed by atoms with Gasteiger partial charge in [0.15, 0.2) is 6.29 Å². The lowest BCUT2D eigenvalue weighted by Gasteiger charge is -2.40. The number of unbranched alkanes of at least 4 members (excludes halogenated alkanes) is 47. The first-order valence-corrected chi connectivity index (χ1v) is 37.0. The van der Waals surface area contributed by atoms with Crippen molar-refractivity contribution < 1.29 is 39.8 Å². The van der Waals surface area contributed by atoms with Crippen molar-refractivity contribution in [3.8, 4) is 0 Å². The molecular formula is C76H141NO8. The van der Waals surface area contributed by atoms with Gasteiger partial charge < -0.3 is 40.3 Å². The lowest BCUT2D eigenvalue weighted by molar-refractivity contribution is -0.302. The molecule has 7 unspecified atom stereocenters. The van der Waals surface area contributed by atoms with Crippen molar-refractivity contribution in [2.24, 2.45) is 0 Å². The topological polar surface area (TPSA) is 149 Å². The molecule has 0 bridgehead atoms. The highest BCUT2D eigenvalue weighted by molar-refractivity contribution is 5.76. The molecule has 0 aromatic rings. The molecule has 9 heteroatoms. The quantitative estimate of drug-likeness (QED) is 0.0261. The van der Waals surface area contributed by atoms with E-state index in [0.717, 1.165) is 51.4 Å². The third-order valence-electron chi connectivity index (χ3n) is 17.6. The molecule has 1 saturated heterocycles. The zero-order chi connectivity index (χ0) is 61.4. The van der Waals surface area contributed by atoms with Gasteiger partial charge in [-0.3, -0.25) is 4.79 Å². The summed E-state index contributed by atoms with van der Waals surface area (Å²) in [5.41, 5.74) is 0. The van der Waals surface area contributed by atoms with Crippen molar-refractivity contribution in [1.82, 2.24) is 5.32 Å². The summed E-state index contributed by atoms with van der Waals surface area (Å²) in [5, 5.41) is 54.8. The van der Waals surface area contributed by atoms with Gasteiger partial charge in [0.25, 0.3) is 0 Å². The van der Waals surface area contributed by atoms with Crippen molar-refractivity contribution in [3.63, 3.8) is 0 Å². The van der Waals surface area contributed by atoms with Crippen LogP contribution < -0.4 is 5.32 Å². The number of allylic oxidation sites excluding steroid dienone is 9. The van der Waals surface area contributed by atoms with Gasteiger partial charge in [-0.2, -0.15) is 0 Å². The number of aliphatic hydroxyl groups is 5. The van der Waals surface area contributed by atoms with Crippen LogP contribution in [0.5, 0.6) is 0 Å². The van der Waals surface area contributed by atoms with E-state index in [1.807, 2.05) is 6.08 Å². The van der Waals surface area contributed by atoms with Gasteiger partial charge in [-0.05, 0) is 70.6 Å². The summed E-state index contributed by atoms with van der Waals surface area (Å²) in [4.78, 5) is 13.1. The summed E-state index contributed by atoms with van der Waals surface area (Å²) in [7, 11) is 0. The van der Waals surface area contributed by atoms with E-state index < -0.39 is 49.5 Å². The summed E-state index contributed by atoms with van der Waals surface area (Å²) in [5.74, 6) is -0.181. The summed E-state index contributed by atoms with van der Waals surface area (Å²) in [6, 6.07) is -0.824. The van der Waals surface area contributed by atoms with E-state index in [-0.39, 0.29) is 12.5 Å². The molecule has 1 heterocycles. The van der Waals surface area contributed by atoms with Gasteiger partial charge in [0, 0.05) is 6.42 Å². The summed E-state index contributed by atoms with van der Waals surface area (Å²) >= 11 is 0. The molecule has 7 atom stereocenters. The third kappa shape index (κ3) is 53.4. The molecule has 0 aromatic heterocycles. The lowest BCUT2D eigenvalue weighted by Crippen LogP contribution is -2.60. The van der Waals surface area contributed by atoms with Crippen LogP contribution in [0.1, 0.15) is 361 Å². The summed E-state index contributed by atoms with van der Waals surface area (Å²) in [6.45, 7) is 3.80. The number of rotatable bonds is 65. The summed E-state index contributed by atoms with van der Waals surface area (Å²) in [6.07, 6.45) is 83.5. The van der Waals surface area contributed by atoms with Crippen LogP contribution in [-0.2, 0) is 14.3 Å². The Labute approximate surface area is 526 Å². The van der Waals surface area contributed by atoms with Crippen molar-refractivity contribution in [1.29, 1.82) is 0 Å². The molecular weight excluding hydrogens is 1050 g/mol. The predicted molar refractivity (Wildman–Crippen MR) is 364 cm³/mol. The van der Waals surface area contributed by atoms with E-state index in [0.29, 0.717) is 6.42 Å². The van der Waals surface area contributed by atoms with E-state index >= 15 is 0 Å². The molecule has 85 heavy (non-hydrogen) atoms. The van der Waals surface area contributed by atoms with Crippen LogP contribution in [0.15, 0.2) is 60.8 Å². The minimum atomic E-state index is -1.57. The van der Waals surface area contributed by atoms with Crippen LogP contribution in [0.4, 0.5) is 0 Å². The normalized spacial score (nSPS) is 18.4. The monoisotopic (exact) mass is 1200 g/mol. The number of carbonyl (C=O) groups is 1. The van der Waals surface area contributed by atoms with E-state index in [2.05, 4.69) is 67.8 Å². The molecule has 1 aliphatic heterocycles. The number of amides is 1. The van der Waals surface area contributed by atoms with Crippen LogP contribution in [0.2, 0.25) is 0 Å². The Morgan fingerprint density at radius 1 is 0.400 bits per heavy atom. The third-order valence-corrected chi connectivity index (χ3v) is 17.6. The zero-order valence-corrected chi connectivity index (χ0v) is 55.9. The molecule has 1 amide bonds. The maximum Gasteiger partial charge on any atom is 0.220 e. The number of ether oxygens (including phenoxy) is 2. The maximum absolute atomic E-state index is 13.1. The number of hydrogen-bond donors (Lipinski definition) is 6. The van der Waals surface area contributed by atoms with Gasteiger partial charge in [-0.1, -0.05) is 344 Å². The van der Waals surface area contributed by atoms with Gasteiger partial charge in [0.1, 0.15) is 24.4 Å². The average Bonchev–Trinajstić information content (AvgIpc) is 3.71. The largest absolute Gasteiger partial charge is 0.394 e. The Morgan fingerprint density at radius 3 is 1.07 bits per heavy atom. The first kappa shape index (κ1) is 80.9. The van der Waals surface area contributed by atoms with Crippen LogP contribution in [0, 0.1) is 0 Å². The fraction of sp³-hybridized carbons (Fsp3) is 0.855. The molecule has 6 N–H and O–H groups in total. The highest BCUT2D eigenvalue weighted by Gasteiger charge is 2.44. The Hall–Kier alpha value is -2.11. The second-order valence-electron chi connectivity index (χ2n) is 25.7. The molecule has 1 rings (SSSR count). The fourth-order valence-corrected chi connectivity index (χ4v) is 11.8. The lowest BCUT2D eigenvalue weighted by atomic mass is 9.99. The maximum atomic E-state index is 13.1. The first-order valence-electron chi connectivity index (χ1n) is 37.0. The molecule has 0 aromatic carbocycles. The number of aliphatic hydroxyl groups excluding tert-OH is 5. The highest BCUT2D eigenvalue weighted by atomic mass is 16.7. The number of hydrogen-bond acceptors (Lipinski definition) is 8. The van der Waals surface area contributed by atoms with Gasteiger partial charge in [0.05, 0.1) is 25.4 Å². The SMILES string of the molecule is CCCCCCC/C=C\C/C=C\C/C=C\CCCCCCCCCCCCCCCCCCCCCCC(=O)NC(COC1OC(CO)C(O)C(O)C1O)C(O)/C=C/CC/C=C/CCCCCCCCCCCCCCCCCCCCCCC. The van der Waals surface area contributed by atoms with E-state index in [9.17, 15) is 30.3 Å². The number of carbonyl (C=O) groups excluding carboxylic acids is 1. The number of nitrogens with one attached hydrogen (secondary N) is 1. The van der Waals surface area contributed by atoms with Crippen molar-refractivity contribution in [2.75, 3.05) is 13.2 Å². The molecule has 0 spiro atoms. The molecule has 498 valence electrons. The van der Waals surface area contributed by atoms with Gasteiger partial charge in [-0.15, -0.1) is 0 Å². The van der Waals surface area contributed by atoms with Gasteiger partial charge in [-0.25, -0.2) is 0 Å². The smallest absolute Gasteiger partial charge is 0.220 e. The molecule has 0 aliphatic carbocycles. The van der Waals surface area contributed by atoms with Crippen molar-refractivity contribution in [2.45, 2.75) is 403 Å². The van der Waals surface area contributed by atoms with Crippen LogP contribution in [-0.4, -0.2) is 87.5 Å². The van der Waals surface area contributed by atoms with Crippen LogP contribution in [0.25, 0.3) is 0 Å². The van der Waals surface area contributed by atoms with E-state index in [4.69, 9.17) is 9.47 Å².